The minimum Gasteiger partial charge on any atom is -0.480 e. The van der Waals surface area contributed by atoms with Crippen molar-refractivity contribution in [2.75, 3.05) is 24.9 Å². The first-order valence-electron chi connectivity index (χ1n) is 13.2. The first kappa shape index (κ1) is 29.2. The number of aromatic nitrogens is 5. The number of amides is 1. The molecule has 0 unspecified atom stereocenters. The van der Waals surface area contributed by atoms with Crippen LogP contribution in [-0.2, 0) is 19.6 Å². The second-order valence-electron chi connectivity index (χ2n) is 9.86. The highest BCUT2D eigenvalue weighted by Gasteiger charge is 2.27. The van der Waals surface area contributed by atoms with E-state index in [9.17, 15) is 18.0 Å². The van der Waals surface area contributed by atoms with Crippen molar-refractivity contribution in [2.45, 2.75) is 43.7 Å². The van der Waals surface area contributed by atoms with E-state index >= 15 is 0 Å². The Bertz CT molecular complexity index is 1810. The Morgan fingerprint density at radius 3 is 2.52 bits per heavy atom. The molecule has 1 N–H and O–H groups in total. The first-order chi connectivity index (χ1) is 20.1. The second-order valence-corrected chi connectivity index (χ2v) is 12.9. The molecule has 14 heteroatoms. The fourth-order valence-electron chi connectivity index (χ4n) is 4.87. The number of carbonyl (C=O) groups is 2. The number of ether oxygens (including phenoxy) is 1. The zero-order valence-corrected chi connectivity index (χ0v) is 25.1. The van der Waals surface area contributed by atoms with Gasteiger partial charge in [-0.15, -0.1) is 11.3 Å². The van der Waals surface area contributed by atoms with Crippen LogP contribution in [-0.4, -0.2) is 70.1 Å². The van der Waals surface area contributed by atoms with Crippen molar-refractivity contribution in [3.63, 3.8) is 0 Å². The van der Waals surface area contributed by atoms with Crippen LogP contribution in [0.15, 0.2) is 47.1 Å². The summed E-state index contributed by atoms with van der Waals surface area (Å²) in [6, 6.07) is 5.26. The molecule has 1 aliphatic rings. The van der Waals surface area contributed by atoms with Crippen molar-refractivity contribution < 1.29 is 22.7 Å². The molecule has 42 heavy (non-hydrogen) atoms. The van der Waals surface area contributed by atoms with E-state index in [1.165, 1.54) is 32.5 Å². The number of ketones is 1. The third-order valence-corrected chi connectivity index (χ3v) is 9.90. The second kappa shape index (κ2) is 11.9. The van der Waals surface area contributed by atoms with E-state index in [-0.39, 0.29) is 33.4 Å². The van der Waals surface area contributed by atoms with Gasteiger partial charge in [-0.3, -0.25) is 14.3 Å². The lowest BCUT2D eigenvalue weighted by Gasteiger charge is -2.31. The fourth-order valence-corrected chi connectivity index (χ4v) is 7.40. The number of hydrogen-bond donors (Lipinski definition) is 1. The van der Waals surface area contributed by atoms with Gasteiger partial charge in [0.15, 0.2) is 9.99 Å². The summed E-state index contributed by atoms with van der Waals surface area (Å²) in [5.74, 6) is -0.183. The predicted molar refractivity (Wildman–Crippen MR) is 158 cm³/mol. The molecule has 4 aromatic heterocycles. The number of nitrogens with zero attached hydrogens (tertiary/aromatic N) is 6. The largest absolute Gasteiger partial charge is 0.480 e. The van der Waals surface area contributed by atoms with Gasteiger partial charge in [0.05, 0.1) is 34.7 Å². The Morgan fingerprint density at radius 1 is 1.10 bits per heavy atom. The van der Waals surface area contributed by atoms with Crippen molar-refractivity contribution in [3.05, 3.63) is 59.3 Å². The Hall–Kier alpha value is -4.30. The quantitative estimate of drug-likeness (QED) is 0.292. The highest BCUT2D eigenvalue weighted by atomic mass is 32.2. The van der Waals surface area contributed by atoms with Crippen molar-refractivity contribution >= 4 is 49.8 Å². The summed E-state index contributed by atoms with van der Waals surface area (Å²) in [6.07, 6.45) is 7.04. The van der Waals surface area contributed by atoms with Crippen molar-refractivity contribution in [2.24, 2.45) is 0 Å². The van der Waals surface area contributed by atoms with Crippen LogP contribution in [0.4, 0.5) is 5.69 Å². The van der Waals surface area contributed by atoms with Crippen LogP contribution in [0.2, 0.25) is 0 Å². The standard InChI is InChI=1S/C28H29N7O5S2/c1-16(36)5-8-24(37)35-11-9-19(10-12-35)25-26-22(30-15-31-25)7-6-21(33-26)20-13-23(27(40-4)29-14-20)34-42(38,39)28-17(2)32-18(3)41-28/h5-8,13-15,19,34H,9-12H2,1-4H3/b8-5+. The highest BCUT2D eigenvalue weighted by Crippen LogP contribution is 2.34. The summed E-state index contributed by atoms with van der Waals surface area (Å²) in [5, 5.41) is 0.646. The van der Waals surface area contributed by atoms with E-state index in [1.54, 1.807) is 37.1 Å². The van der Waals surface area contributed by atoms with Gasteiger partial charge in [-0.05, 0) is 57.9 Å². The summed E-state index contributed by atoms with van der Waals surface area (Å²) in [7, 11) is -2.52. The highest BCUT2D eigenvalue weighted by molar-refractivity contribution is 7.94. The molecule has 1 fully saturated rings. The lowest BCUT2D eigenvalue weighted by Crippen LogP contribution is -2.37. The van der Waals surface area contributed by atoms with Gasteiger partial charge in [-0.2, -0.15) is 0 Å². The number of piperidine rings is 1. The number of nitrogens with one attached hydrogen (secondary N) is 1. The van der Waals surface area contributed by atoms with Gasteiger partial charge in [0.25, 0.3) is 10.0 Å². The molecular weight excluding hydrogens is 578 g/mol. The maximum atomic E-state index is 13.2. The predicted octanol–water partition coefficient (Wildman–Crippen LogP) is 3.82. The average molecular weight is 608 g/mol. The molecule has 0 radical (unpaired) electrons. The fraction of sp³-hybridized carbons (Fsp3) is 0.321. The Kier molecular flexibility index (Phi) is 8.27. The topological polar surface area (TPSA) is 157 Å². The minimum absolute atomic E-state index is 0.0570. The maximum absolute atomic E-state index is 13.2. The van der Waals surface area contributed by atoms with Gasteiger partial charge < -0.3 is 9.64 Å². The van der Waals surface area contributed by atoms with Crippen LogP contribution in [0.25, 0.3) is 22.3 Å². The third-order valence-electron chi connectivity index (χ3n) is 6.85. The third kappa shape index (κ3) is 6.14. The van der Waals surface area contributed by atoms with Gasteiger partial charge in [-0.25, -0.2) is 33.3 Å². The van der Waals surface area contributed by atoms with Gasteiger partial charge in [-0.1, -0.05) is 0 Å². The van der Waals surface area contributed by atoms with Crippen LogP contribution in [0, 0.1) is 13.8 Å². The summed E-state index contributed by atoms with van der Waals surface area (Å²) in [5.41, 5.74) is 3.80. The summed E-state index contributed by atoms with van der Waals surface area (Å²) in [4.78, 5) is 47.7. The number of pyridine rings is 2. The van der Waals surface area contributed by atoms with E-state index in [0.29, 0.717) is 58.9 Å². The molecule has 5 heterocycles. The Morgan fingerprint density at radius 2 is 1.86 bits per heavy atom. The lowest BCUT2D eigenvalue weighted by atomic mass is 9.92. The van der Waals surface area contributed by atoms with Crippen molar-refractivity contribution in [3.8, 4) is 17.1 Å². The molecule has 0 aliphatic carbocycles. The number of fused-ring (bicyclic) bond motifs is 1. The molecular formula is C28H29N7O5S2. The summed E-state index contributed by atoms with van der Waals surface area (Å²) >= 11 is 1.09. The number of carbonyl (C=O) groups excluding carboxylic acids is 2. The molecule has 0 aromatic carbocycles. The number of likely N-dealkylation sites (tertiary alicyclic amines) is 1. The molecule has 5 rings (SSSR count). The summed E-state index contributed by atoms with van der Waals surface area (Å²) < 4.78 is 34.4. The number of sulfonamides is 1. The Balaban J connectivity index is 1.43. The van der Waals surface area contributed by atoms with Gasteiger partial charge in [0.1, 0.15) is 17.5 Å². The first-order valence-corrected chi connectivity index (χ1v) is 15.5. The summed E-state index contributed by atoms with van der Waals surface area (Å²) in [6.45, 7) is 5.86. The van der Waals surface area contributed by atoms with Gasteiger partial charge in [0, 0.05) is 36.8 Å². The van der Waals surface area contributed by atoms with Crippen LogP contribution in [0.1, 0.15) is 42.1 Å². The number of allylic oxidation sites excluding steroid dienone is 1. The molecule has 4 aromatic rings. The van der Waals surface area contributed by atoms with Crippen LogP contribution in [0.5, 0.6) is 5.88 Å². The molecule has 1 amide bonds. The smallest absolute Gasteiger partial charge is 0.273 e. The van der Waals surface area contributed by atoms with Crippen molar-refractivity contribution in [1.29, 1.82) is 0 Å². The molecule has 0 bridgehead atoms. The molecule has 1 saturated heterocycles. The molecule has 1 aliphatic heterocycles. The van der Waals surface area contributed by atoms with Gasteiger partial charge in [0.2, 0.25) is 11.8 Å². The Labute approximate surface area is 247 Å². The van der Waals surface area contributed by atoms with E-state index in [4.69, 9.17) is 9.72 Å². The van der Waals surface area contributed by atoms with E-state index in [0.717, 1.165) is 17.0 Å². The van der Waals surface area contributed by atoms with Crippen LogP contribution >= 0.6 is 11.3 Å². The average Bonchev–Trinajstić information content (AvgIpc) is 3.33. The maximum Gasteiger partial charge on any atom is 0.273 e. The van der Waals surface area contributed by atoms with E-state index in [2.05, 4.69) is 24.7 Å². The normalized spacial score (nSPS) is 14.4. The number of aryl methyl sites for hydroxylation is 2. The molecule has 12 nitrogen and oxygen atoms in total. The monoisotopic (exact) mass is 607 g/mol. The van der Waals surface area contributed by atoms with Crippen LogP contribution < -0.4 is 9.46 Å². The molecule has 0 spiro atoms. The molecule has 0 saturated carbocycles. The number of anilines is 1. The van der Waals surface area contributed by atoms with E-state index < -0.39 is 10.0 Å². The number of rotatable bonds is 8. The number of hydrogen-bond acceptors (Lipinski definition) is 11. The zero-order valence-electron chi connectivity index (χ0n) is 23.5. The SMILES string of the molecule is COc1ncc(-c2ccc3ncnc(C4CCN(C(=O)/C=C/C(C)=O)CC4)c3n2)cc1NS(=O)(=O)c1sc(C)nc1C. The van der Waals surface area contributed by atoms with Crippen molar-refractivity contribution in [1.82, 2.24) is 29.8 Å². The zero-order chi connectivity index (χ0) is 30.0. The number of methoxy groups -OCH3 is 1. The lowest BCUT2D eigenvalue weighted by molar-refractivity contribution is -0.127. The molecule has 0 atom stereocenters. The van der Waals surface area contributed by atoms with Crippen LogP contribution in [0.3, 0.4) is 0 Å². The van der Waals surface area contributed by atoms with Gasteiger partial charge >= 0.3 is 0 Å². The molecule has 218 valence electrons. The minimum atomic E-state index is -3.93. The van der Waals surface area contributed by atoms with E-state index in [1.807, 2.05) is 6.07 Å². The number of thiazole rings is 1.